The third kappa shape index (κ3) is 5.52. The predicted molar refractivity (Wildman–Crippen MR) is 116 cm³/mol. The number of para-hydroxylation sites is 2. The summed E-state index contributed by atoms with van der Waals surface area (Å²) in [5.74, 6) is -0.271. The maximum absolute atomic E-state index is 13.0. The average Bonchev–Trinajstić information content (AvgIpc) is 2.75. The van der Waals surface area contributed by atoms with Crippen molar-refractivity contribution in [2.45, 2.75) is 18.4 Å². The Bertz CT molecular complexity index is 1220. The Morgan fingerprint density at radius 1 is 1.00 bits per heavy atom. The number of hydrogen-bond acceptors (Lipinski definition) is 5. The zero-order valence-electron chi connectivity index (χ0n) is 17.1. The van der Waals surface area contributed by atoms with Gasteiger partial charge in [0.15, 0.2) is 0 Å². The number of carbonyl (C=O) groups is 1. The van der Waals surface area contributed by atoms with Crippen LogP contribution < -0.4 is 19.5 Å². The van der Waals surface area contributed by atoms with Gasteiger partial charge < -0.3 is 14.8 Å². The summed E-state index contributed by atoms with van der Waals surface area (Å²) in [5, 5.41) is 2.59. The van der Waals surface area contributed by atoms with Crippen molar-refractivity contribution in [3.8, 4) is 11.5 Å². The first kappa shape index (κ1) is 23.0. The van der Waals surface area contributed by atoms with Crippen LogP contribution in [0.1, 0.15) is 15.9 Å². The van der Waals surface area contributed by atoms with Crippen LogP contribution >= 0.6 is 0 Å². The highest BCUT2D eigenvalue weighted by Crippen LogP contribution is 2.28. The van der Waals surface area contributed by atoms with Gasteiger partial charge in [-0.3, -0.25) is 9.52 Å². The zero-order chi connectivity index (χ0) is 23.3. The number of methoxy groups -OCH3 is 1. The van der Waals surface area contributed by atoms with E-state index in [1.165, 1.54) is 49.6 Å². The number of hydrogen-bond donors (Lipinski definition) is 2. The van der Waals surface area contributed by atoms with Crippen LogP contribution in [0, 0.1) is 6.92 Å². The summed E-state index contributed by atoms with van der Waals surface area (Å²) in [5.41, 5.74) is 1.13. The SMILES string of the molecule is COc1ccccc1NS(=O)(=O)c1cc(C(=O)Nc2ccc(OC(F)F)cc2)ccc1C. The number of sulfonamides is 1. The van der Waals surface area contributed by atoms with Gasteiger partial charge in [-0.1, -0.05) is 18.2 Å². The van der Waals surface area contributed by atoms with Gasteiger partial charge >= 0.3 is 6.61 Å². The predicted octanol–water partition coefficient (Wildman–Crippen LogP) is 4.66. The number of benzene rings is 3. The molecule has 7 nitrogen and oxygen atoms in total. The number of aryl methyl sites for hydroxylation is 1. The molecule has 0 saturated carbocycles. The van der Waals surface area contributed by atoms with E-state index < -0.39 is 22.5 Å². The summed E-state index contributed by atoms with van der Waals surface area (Å²) in [4.78, 5) is 12.6. The van der Waals surface area contributed by atoms with Gasteiger partial charge in [-0.2, -0.15) is 8.78 Å². The van der Waals surface area contributed by atoms with Crippen LogP contribution in [-0.2, 0) is 10.0 Å². The Labute approximate surface area is 184 Å². The molecule has 168 valence electrons. The molecule has 0 spiro atoms. The molecular weight excluding hydrogens is 442 g/mol. The molecule has 0 heterocycles. The van der Waals surface area contributed by atoms with Crippen molar-refractivity contribution < 1.29 is 31.5 Å². The molecule has 0 aliphatic rings. The number of amides is 1. The van der Waals surface area contributed by atoms with E-state index in [0.717, 1.165) is 0 Å². The van der Waals surface area contributed by atoms with Crippen molar-refractivity contribution in [3.63, 3.8) is 0 Å². The van der Waals surface area contributed by atoms with Crippen molar-refractivity contribution in [2.24, 2.45) is 0 Å². The second-order valence-electron chi connectivity index (χ2n) is 6.64. The van der Waals surface area contributed by atoms with Crippen LogP contribution in [0.2, 0.25) is 0 Å². The van der Waals surface area contributed by atoms with Crippen LogP contribution in [0.5, 0.6) is 11.5 Å². The molecule has 0 aliphatic carbocycles. The molecular formula is C22H20F2N2O5S. The van der Waals surface area contributed by atoms with Crippen molar-refractivity contribution in [1.82, 2.24) is 0 Å². The minimum absolute atomic E-state index is 0.0517. The average molecular weight is 462 g/mol. The van der Waals surface area contributed by atoms with E-state index in [-0.39, 0.29) is 21.9 Å². The van der Waals surface area contributed by atoms with Crippen molar-refractivity contribution >= 4 is 27.3 Å². The van der Waals surface area contributed by atoms with E-state index in [1.807, 2.05) is 0 Å². The fourth-order valence-corrected chi connectivity index (χ4v) is 4.22. The van der Waals surface area contributed by atoms with Gasteiger partial charge in [-0.25, -0.2) is 8.42 Å². The molecule has 3 aromatic carbocycles. The van der Waals surface area contributed by atoms with E-state index in [0.29, 0.717) is 17.0 Å². The molecule has 0 atom stereocenters. The van der Waals surface area contributed by atoms with E-state index in [4.69, 9.17) is 4.74 Å². The first-order valence-corrected chi connectivity index (χ1v) is 10.8. The van der Waals surface area contributed by atoms with Gasteiger partial charge in [0.2, 0.25) is 0 Å². The zero-order valence-corrected chi connectivity index (χ0v) is 18.0. The summed E-state index contributed by atoms with van der Waals surface area (Å²) < 4.78 is 62.4. The highest BCUT2D eigenvalue weighted by atomic mass is 32.2. The first-order chi connectivity index (χ1) is 15.2. The molecule has 2 N–H and O–H groups in total. The lowest BCUT2D eigenvalue weighted by molar-refractivity contribution is -0.0498. The third-order valence-corrected chi connectivity index (χ3v) is 5.94. The van der Waals surface area contributed by atoms with Crippen LogP contribution in [0.15, 0.2) is 71.6 Å². The minimum atomic E-state index is -4.02. The number of nitrogens with one attached hydrogen (secondary N) is 2. The summed E-state index contributed by atoms with van der Waals surface area (Å²) in [6.07, 6.45) is 0. The van der Waals surface area contributed by atoms with Crippen molar-refractivity contribution in [1.29, 1.82) is 0 Å². The monoisotopic (exact) mass is 462 g/mol. The van der Waals surface area contributed by atoms with E-state index in [2.05, 4.69) is 14.8 Å². The van der Waals surface area contributed by atoms with Crippen LogP contribution in [0.3, 0.4) is 0 Å². The highest BCUT2D eigenvalue weighted by Gasteiger charge is 2.21. The number of carbonyl (C=O) groups excluding carboxylic acids is 1. The van der Waals surface area contributed by atoms with Gasteiger partial charge in [0, 0.05) is 11.3 Å². The Kier molecular flexibility index (Phi) is 6.94. The molecule has 0 aliphatic heterocycles. The smallest absolute Gasteiger partial charge is 0.387 e. The maximum atomic E-state index is 13.0. The lowest BCUT2D eigenvalue weighted by atomic mass is 10.1. The number of rotatable bonds is 8. The molecule has 10 heteroatoms. The largest absolute Gasteiger partial charge is 0.495 e. The lowest BCUT2D eigenvalue weighted by Crippen LogP contribution is -2.17. The molecule has 0 fully saturated rings. The molecule has 0 unspecified atom stereocenters. The number of halogens is 2. The molecule has 3 rings (SSSR count). The fourth-order valence-electron chi connectivity index (χ4n) is 2.88. The van der Waals surface area contributed by atoms with E-state index >= 15 is 0 Å². The Morgan fingerprint density at radius 2 is 1.69 bits per heavy atom. The summed E-state index contributed by atoms with van der Waals surface area (Å²) in [6, 6.07) is 16.2. The van der Waals surface area contributed by atoms with Crippen molar-refractivity contribution in [3.05, 3.63) is 77.9 Å². The number of ether oxygens (including phenoxy) is 2. The Morgan fingerprint density at radius 3 is 2.34 bits per heavy atom. The van der Waals surface area contributed by atoms with E-state index in [1.54, 1.807) is 31.2 Å². The summed E-state index contributed by atoms with van der Waals surface area (Å²) in [6.45, 7) is -1.34. The molecule has 0 bridgehead atoms. The van der Waals surface area contributed by atoms with Crippen molar-refractivity contribution in [2.75, 3.05) is 17.1 Å². The summed E-state index contributed by atoms with van der Waals surface area (Å²) >= 11 is 0. The van der Waals surface area contributed by atoms with Gasteiger partial charge in [0.25, 0.3) is 15.9 Å². The van der Waals surface area contributed by atoms with Crippen LogP contribution in [0.25, 0.3) is 0 Å². The normalized spacial score (nSPS) is 11.2. The Balaban J connectivity index is 1.82. The maximum Gasteiger partial charge on any atom is 0.387 e. The third-order valence-electron chi connectivity index (χ3n) is 4.43. The molecule has 1 amide bonds. The second kappa shape index (κ2) is 9.65. The standard InChI is InChI=1S/C22H20F2N2O5S/c1-14-7-8-15(21(27)25-16-9-11-17(12-10-16)31-22(23)24)13-20(14)32(28,29)26-18-5-3-4-6-19(18)30-2/h3-13,22,26H,1-2H3,(H,25,27). The Hall–Kier alpha value is -3.66. The highest BCUT2D eigenvalue weighted by molar-refractivity contribution is 7.92. The van der Waals surface area contributed by atoms with Gasteiger partial charge in [-0.15, -0.1) is 0 Å². The van der Waals surface area contributed by atoms with Crippen LogP contribution in [0.4, 0.5) is 20.2 Å². The topological polar surface area (TPSA) is 93.7 Å². The molecule has 0 aromatic heterocycles. The van der Waals surface area contributed by atoms with Gasteiger partial charge in [-0.05, 0) is 61.0 Å². The van der Waals surface area contributed by atoms with E-state index in [9.17, 15) is 22.0 Å². The quantitative estimate of drug-likeness (QED) is 0.508. The molecule has 32 heavy (non-hydrogen) atoms. The minimum Gasteiger partial charge on any atom is -0.495 e. The van der Waals surface area contributed by atoms with Gasteiger partial charge in [0.05, 0.1) is 17.7 Å². The number of anilines is 2. The number of alkyl halides is 2. The lowest BCUT2D eigenvalue weighted by Gasteiger charge is -2.14. The second-order valence-corrected chi connectivity index (χ2v) is 8.29. The molecule has 3 aromatic rings. The van der Waals surface area contributed by atoms with Gasteiger partial charge in [0.1, 0.15) is 11.5 Å². The molecule has 0 radical (unpaired) electrons. The fraction of sp³-hybridized carbons (Fsp3) is 0.136. The first-order valence-electron chi connectivity index (χ1n) is 9.32. The molecule has 0 saturated heterocycles. The van der Waals surface area contributed by atoms with Crippen LogP contribution in [-0.4, -0.2) is 28.0 Å². The summed E-state index contributed by atoms with van der Waals surface area (Å²) in [7, 11) is -2.59.